The number of hydrogen-bond acceptors (Lipinski definition) is 4. The summed E-state index contributed by atoms with van der Waals surface area (Å²) in [6.07, 6.45) is 0. The average Bonchev–Trinajstić information content (AvgIpc) is 2.53. The monoisotopic (exact) mass is 339 g/mol. The summed E-state index contributed by atoms with van der Waals surface area (Å²) in [5, 5.41) is 0.252. The van der Waals surface area contributed by atoms with Gasteiger partial charge >= 0.3 is 5.97 Å². The quantitative estimate of drug-likeness (QED) is 0.803. The van der Waals surface area contributed by atoms with Gasteiger partial charge in [0.25, 0.3) is 10.0 Å². The van der Waals surface area contributed by atoms with Gasteiger partial charge < -0.3 is 4.74 Å². The second kappa shape index (κ2) is 6.37. The van der Waals surface area contributed by atoms with E-state index in [1.807, 2.05) is 0 Å². The molecule has 0 aliphatic carbocycles. The Morgan fingerprint density at radius 2 is 1.77 bits per heavy atom. The number of hydrogen-bond donors (Lipinski definition) is 0. The lowest BCUT2D eigenvalue weighted by atomic mass is 10.2. The predicted octanol–water partition coefficient (Wildman–Crippen LogP) is 2.95. The second-order valence-corrected chi connectivity index (χ2v) is 6.81. The first-order valence-corrected chi connectivity index (χ1v) is 8.11. The number of sulfonamides is 1. The van der Waals surface area contributed by atoms with Crippen molar-refractivity contribution in [2.24, 2.45) is 0 Å². The van der Waals surface area contributed by atoms with Crippen LogP contribution >= 0.6 is 11.6 Å². The van der Waals surface area contributed by atoms with E-state index in [1.165, 1.54) is 32.4 Å². The van der Waals surface area contributed by atoms with E-state index in [1.54, 1.807) is 30.3 Å². The number of carbonyl (C=O) groups excluding carboxylic acids is 1. The number of methoxy groups -OCH3 is 1. The fraction of sp³-hybridized carbons (Fsp3) is 0.133. The summed E-state index contributed by atoms with van der Waals surface area (Å²) < 4.78 is 31.3. The average molecular weight is 340 g/mol. The van der Waals surface area contributed by atoms with Crippen LogP contribution in [0.4, 0.5) is 5.69 Å². The molecule has 0 saturated carbocycles. The first-order valence-electron chi connectivity index (χ1n) is 6.30. The molecule has 0 heterocycles. The summed E-state index contributed by atoms with van der Waals surface area (Å²) in [5.74, 6) is -0.762. The normalized spacial score (nSPS) is 11.0. The number of rotatable bonds is 4. The highest BCUT2D eigenvalue weighted by Crippen LogP contribution is 2.26. The molecule has 0 N–H and O–H groups in total. The zero-order chi connectivity index (χ0) is 16.3. The molecular formula is C15H14ClNO4S. The van der Waals surface area contributed by atoms with Gasteiger partial charge in [0.1, 0.15) is 4.90 Å². The molecule has 2 aromatic rings. The third-order valence-electron chi connectivity index (χ3n) is 3.11. The number of ether oxygens (including phenoxy) is 1. The zero-order valence-electron chi connectivity index (χ0n) is 12.0. The molecule has 0 atom stereocenters. The lowest BCUT2D eigenvalue weighted by Crippen LogP contribution is -2.28. The van der Waals surface area contributed by atoms with Crippen LogP contribution in [0.25, 0.3) is 0 Å². The minimum absolute atomic E-state index is 0.0993. The molecule has 0 fully saturated rings. The maximum Gasteiger partial charge on any atom is 0.339 e. The number of carbonyl (C=O) groups is 1. The molecule has 0 bridgehead atoms. The first-order chi connectivity index (χ1) is 10.4. The number of nitrogens with zero attached hydrogens (tertiary/aromatic N) is 1. The van der Waals surface area contributed by atoms with E-state index in [-0.39, 0.29) is 15.5 Å². The molecule has 5 nitrogen and oxygen atoms in total. The highest BCUT2D eigenvalue weighted by Gasteiger charge is 2.27. The molecule has 0 radical (unpaired) electrons. The van der Waals surface area contributed by atoms with Crippen LogP contribution in [0, 0.1) is 0 Å². The smallest absolute Gasteiger partial charge is 0.339 e. The molecule has 0 aliphatic rings. The van der Waals surface area contributed by atoms with Gasteiger partial charge in [-0.2, -0.15) is 0 Å². The Balaban J connectivity index is 2.57. The Hall–Kier alpha value is -2.05. The van der Waals surface area contributed by atoms with E-state index in [0.717, 1.165) is 4.31 Å². The third-order valence-corrected chi connectivity index (χ3v) is 5.18. The second-order valence-electron chi connectivity index (χ2n) is 4.44. The topological polar surface area (TPSA) is 63.7 Å². The van der Waals surface area contributed by atoms with Crippen LogP contribution in [0.2, 0.25) is 5.02 Å². The standard InChI is InChI=1S/C15H14ClNO4S/c1-17(12-6-4-3-5-7-12)22(19,20)14-9-8-11(16)10-13(14)15(18)21-2/h3-10H,1-2H3. The highest BCUT2D eigenvalue weighted by molar-refractivity contribution is 7.92. The van der Waals surface area contributed by atoms with Crippen LogP contribution in [0.15, 0.2) is 53.4 Å². The van der Waals surface area contributed by atoms with E-state index in [9.17, 15) is 13.2 Å². The molecule has 0 amide bonds. The summed E-state index contributed by atoms with van der Waals surface area (Å²) in [5.41, 5.74) is 0.381. The maximum atomic E-state index is 12.8. The van der Waals surface area contributed by atoms with Crippen molar-refractivity contribution >= 4 is 33.3 Å². The van der Waals surface area contributed by atoms with Crippen LogP contribution in [0.5, 0.6) is 0 Å². The van der Waals surface area contributed by atoms with Gasteiger partial charge in [-0.25, -0.2) is 13.2 Å². The third kappa shape index (κ3) is 3.08. The van der Waals surface area contributed by atoms with E-state index < -0.39 is 16.0 Å². The van der Waals surface area contributed by atoms with Crippen molar-refractivity contribution in [3.63, 3.8) is 0 Å². The van der Waals surface area contributed by atoms with E-state index >= 15 is 0 Å². The Bertz CT molecular complexity index is 790. The molecule has 0 saturated heterocycles. The molecule has 0 aliphatic heterocycles. The number of anilines is 1. The summed E-state index contributed by atoms with van der Waals surface area (Å²) in [6, 6.07) is 12.5. The molecule has 0 unspecified atom stereocenters. The summed E-state index contributed by atoms with van der Waals surface area (Å²) in [4.78, 5) is 11.7. The van der Waals surface area contributed by atoms with Crippen molar-refractivity contribution < 1.29 is 17.9 Å². The van der Waals surface area contributed by atoms with E-state index in [4.69, 9.17) is 11.6 Å². The fourth-order valence-electron chi connectivity index (χ4n) is 1.92. The van der Waals surface area contributed by atoms with Crippen molar-refractivity contribution in [3.05, 3.63) is 59.1 Å². The predicted molar refractivity (Wildman–Crippen MR) is 84.8 cm³/mol. The van der Waals surface area contributed by atoms with Gasteiger partial charge in [0, 0.05) is 12.1 Å². The van der Waals surface area contributed by atoms with Gasteiger partial charge in [-0.05, 0) is 30.3 Å². The van der Waals surface area contributed by atoms with E-state index in [0.29, 0.717) is 5.69 Å². The Kier molecular flexibility index (Phi) is 4.73. The molecule has 0 spiro atoms. The summed E-state index contributed by atoms with van der Waals surface area (Å²) in [6.45, 7) is 0. The molecule has 116 valence electrons. The van der Waals surface area contributed by atoms with Crippen molar-refractivity contribution in [1.82, 2.24) is 0 Å². The Labute approximate surface area is 134 Å². The first kappa shape index (κ1) is 16.3. The minimum atomic E-state index is -3.92. The lowest BCUT2D eigenvalue weighted by Gasteiger charge is -2.20. The van der Waals surface area contributed by atoms with Crippen LogP contribution in [0.3, 0.4) is 0 Å². The number of para-hydroxylation sites is 1. The van der Waals surface area contributed by atoms with Crippen molar-refractivity contribution in [2.45, 2.75) is 4.90 Å². The minimum Gasteiger partial charge on any atom is -0.465 e. The summed E-state index contributed by atoms with van der Waals surface area (Å²) >= 11 is 5.85. The fourth-order valence-corrected chi connectivity index (χ4v) is 3.45. The van der Waals surface area contributed by atoms with Gasteiger partial charge in [-0.3, -0.25) is 4.31 Å². The molecule has 22 heavy (non-hydrogen) atoms. The lowest BCUT2D eigenvalue weighted by molar-refractivity contribution is 0.0596. The molecule has 2 aromatic carbocycles. The van der Waals surface area contributed by atoms with Crippen LogP contribution in [0.1, 0.15) is 10.4 Å². The van der Waals surface area contributed by atoms with Crippen molar-refractivity contribution in [1.29, 1.82) is 0 Å². The Morgan fingerprint density at radius 1 is 1.14 bits per heavy atom. The highest BCUT2D eigenvalue weighted by atomic mass is 35.5. The van der Waals surface area contributed by atoms with Crippen LogP contribution < -0.4 is 4.31 Å². The number of benzene rings is 2. The van der Waals surface area contributed by atoms with Gasteiger partial charge in [-0.1, -0.05) is 29.8 Å². The van der Waals surface area contributed by atoms with Crippen LogP contribution in [-0.4, -0.2) is 28.5 Å². The van der Waals surface area contributed by atoms with Crippen molar-refractivity contribution in [3.8, 4) is 0 Å². The van der Waals surface area contributed by atoms with Crippen LogP contribution in [-0.2, 0) is 14.8 Å². The molecule has 7 heteroatoms. The summed E-state index contributed by atoms with van der Waals surface area (Å²) in [7, 11) is -1.32. The van der Waals surface area contributed by atoms with Gasteiger partial charge in [0.15, 0.2) is 0 Å². The van der Waals surface area contributed by atoms with Crippen molar-refractivity contribution in [2.75, 3.05) is 18.5 Å². The molecule has 2 rings (SSSR count). The van der Waals surface area contributed by atoms with Gasteiger partial charge in [0.05, 0.1) is 18.4 Å². The Morgan fingerprint density at radius 3 is 2.36 bits per heavy atom. The molecular weight excluding hydrogens is 326 g/mol. The largest absolute Gasteiger partial charge is 0.465 e. The maximum absolute atomic E-state index is 12.8. The number of esters is 1. The zero-order valence-corrected chi connectivity index (χ0v) is 13.6. The van der Waals surface area contributed by atoms with Gasteiger partial charge in [0.2, 0.25) is 0 Å². The number of halogens is 1. The molecule has 0 aromatic heterocycles. The van der Waals surface area contributed by atoms with E-state index in [2.05, 4.69) is 4.74 Å². The SMILES string of the molecule is COC(=O)c1cc(Cl)ccc1S(=O)(=O)N(C)c1ccccc1. The van der Waals surface area contributed by atoms with Gasteiger partial charge in [-0.15, -0.1) is 0 Å².